The number of hydrogen-bond donors (Lipinski definition) is 1. The van der Waals surface area contributed by atoms with Crippen LogP contribution in [0.2, 0.25) is 0 Å². The first-order valence-electron chi connectivity index (χ1n) is 6.67. The topological polar surface area (TPSA) is 25.2 Å². The molecule has 0 saturated heterocycles. The minimum Gasteiger partial charge on any atom is -0.469 e. The highest BCUT2D eigenvalue weighted by atomic mass is 16.3. The van der Waals surface area contributed by atoms with Crippen LogP contribution in [0.3, 0.4) is 0 Å². The molecule has 2 nitrogen and oxygen atoms in total. The molecule has 0 radical (unpaired) electrons. The number of hydrogen-bond acceptors (Lipinski definition) is 2. The maximum Gasteiger partial charge on any atom is 0.103 e. The van der Waals surface area contributed by atoms with E-state index in [1.165, 1.54) is 25.7 Å². The van der Waals surface area contributed by atoms with Crippen LogP contribution in [0.4, 0.5) is 0 Å². The summed E-state index contributed by atoms with van der Waals surface area (Å²) in [5.41, 5.74) is 0. The van der Waals surface area contributed by atoms with E-state index in [0.29, 0.717) is 6.04 Å². The van der Waals surface area contributed by atoms with Crippen molar-refractivity contribution in [3.63, 3.8) is 0 Å². The molecule has 1 unspecified atom stereocenters. The van der Waals surface area contributed by atoms with Crippen LogP contribution >= 0.6 is 0 Å². The molecular formula is C15H25NO. The number of rotatable bonds is 10. The van der Waals surface area contributed by atoms with Crippen molar-refractivity contribution in [2.75, 3.05) is 7.05 Å². The summed E-state index contributed by atoms with van der Waals surface area (Å²) in [5, 5.41) is 3.39. The number of nitrogens with one attached hydrogen (secondary N) is 1. The molecule has 96 valence electrons. The first kappa shape index (κ1) is 14.0. The molecule has 0 aliphatic carbocycles. The quantitative estimate of drug-likeness (QED) is 0.491. The molecule has 1 heterocycles. The van der Waals surface area contributed by atoms with Crippen molar-refractivity contribution in [3.8, 4) is 0 Å². The van der Waals surface area contributed by atoms with E-state index in [4.69, 9.17) is 4.42 Å². The van der Waals surface area contributed by atoms with E-state index in [1.807, 2.05) is 12.1 Å². The van der Waals surface area contributed by atoms with Gasteiger partial charge in [-0.15, -0.1) is 6.58 Å². The van der Waals surface area contributed by atoms with E-state index < -0.39 is 0 Å². The maximum atomic E-state index is 5.35. The van der Waals surface area contributed by atoms with Crippen LogP contribution in [0.25, 0.3) is 0 Å². The second-order valence-corrected chi connectivity index (χ2v) is 4.53. The maximum absolute atomic E-state index is 5.35. The number of unbranched alkanes of at least 4 members (excludes halogenated alkanes) is 3. The van der Waals surface area contributed by atoms with Crippen molar-refractivity contribution in [2.24, 2.45) is 0 Å². The fourth-order valence-electron chi connectivity index (χ4n) is 2.06. The van der Waals surface area contributed by atoms with Crippen molar-refractivity contribution < 1.29 is 4.42 Å². The Morgan fingerprint density at radius 2 is 2.24 bits per heavy atom. The molecule has 0 saturated carbocycles. The molecule has 0 spiro atoms. The summed E-state index contributed by atoms with van der Waals surface area (Å²) in [6.07, 6.45) is 12.2. The summed E-state index contributed by atoms with van der Waals surface area (Å²) < 4.78 is 5.35. The van der Waals surface area contributed by atoms with E-state index in [2.05, 4.69) is 25.0 Å². The molecule has 1 rings (SSSR count). The lowest BCUT2D eigenvalue weighted by Gasteiger charge is -2.15. The van der Waals surface area contributed by atoms with Crippen molar-refractivity contribution >= 4 is 0 Å². The van der Waals surface area contributed by atoms with E-state index in [1.54, 1.807) is 6.26 Å². The first-order chi connectivity index (χ1) is 8.36. The van der Waals surface area contributed by atoms with Gasteiger partial charge < -0.3 is 9.73 Å². The molecule has 1 aromatic heterocycles. The van der Waals surface area contributed by atoms with Crippen molar-refractivity contribution in [1.82, 2.24) is 5.32 Å². The van der Waals surface area contributed by atoms with E-state index >= 15 is 0 Å². The molecular weight excluding hydrogens is 210 g/mol. The van der Waals surface area contributed by atoms with Gasteiger partial charge in [0.1, 0.15) is 5.76 Å². The third kappa shape index (κ3) is 6.32. The minimum absolute atomic E-state index is 0.615. The predicted octanol–water partition coefficient (Wildman–Crippen LogP) is 3.94. The van der Waals surface area contributed by atoms with Gasteiger partial charge in [0.25, 0.3) is 0 Å². The highest BCUT2D eigenvalue weighted by molar-refractivity contribution is 4.98. The Bertz CT molecular complexity index is 279. The molecule has 0 aliphatic heterocycles. The van der Waals surface area contributed by atoms with Gasteiger partial charge in [0.2, 0.25) is 0 Å². The molecule has 0 fully saturated rings. The number of aryl methyl sites for hydroxylation is 1. The zero-order valence-electron chi connectivity index (χ0n) is 11.0. The Morgan fingerprint density at radius 3 is 2.88 bits per heavy atom. The van der Waals surface area contributed by atoms with Gasteiger partial charge in [0, 0.05) is 12.5 Å². The average molecular weight is 235 g/mol. The SMILES string of the molecule is C=CCCCCCC(CCc1ccco1)NC. The zero-order chi connectivity index (χ0) is 12.3. The average Bonchev–Trinajstić information content (AvgIpc) is 2.86. The largest absolute Gasteiger partial charge is 0.469 e. The van der Waals surface area contributed by atoms with Crippen LogP contribution in [0.1, 0.15) is 44.3 Å². The van der Waals surface area contributed by atoms with Crippen LogP contribution in [0.15, 0.2) is 35.5 Å². The first-order valence-corrected chi connectivity index (χ1v) is 6.67. The Hall–Kier alpha value is -1.02. The molecule has 2 heteroatoms. The van der Waals surface area contributed by atoms with Crippen LogP contribution in [0.5, 0.6) is 0 Å². The van der Waals surface area contributed by atoms with Gasteiger partial charge in [0.15, 0.2) is 0 Å². The fraction of sp³-hybridized carbons (Fsp3) is 0.600. The van der Waals surface area contributed by atoms with Crippen LogP contribution in [-0.2, 0) is 6.42 Å². The molecule has 0 aromatic carbocycles. The Morgan fingerprint density at radius 1 is 1.35 bits per heavy atom. The van der Waals surface area contributed by atoms with Gasteiger partial charge in [-0.3, -0.25) is 0 Å². The summed E-state index contributed by atoms with van der Waals surface area (Å²) in [6.45, 7) is 3.74. The summed E-state index contributed by atoms with van der Waals surface area (Å²) in [4.78, 5) is 0. The van der Waals surface area contributed by atoms with Gasteiger partial charge >= 0.3 is 0 Å². The van der Waals surface area contributed by atoms with E-state index in [9.17, 15) is 0 Å². The van der Waals surface area contributed by atoms with E-state index in [-0.39, 0.29) is 0 Å². The van der Waals surface area contributed by atoms with Crippen molar-refractivity contribution in [3.05, 3.63) is 36.8 Å². The summed E-state index contributed by atoms with van der Waals surface area (Å²) in [7, 11) is 2.05. The normalized spacial score (nSPS) is 12.5. The monoisotopic (exact) mass is 235 g/mol. The van der Waals surface area contributed by atoms with Gasteiger partial charge in [-0.25, -0.2) is 0 Å². The third-order valence-corrected chi connectivity index (χ3v) is 3.19. The number of furan rings is 1. The second kappa shape index (κ2) is 9.06. The van der Waals surface area contributed by atoms with Crippen LogP contribution in [-0.4, -0.2) is 13.1 Å². The molecule has 1 N–H and O–H groups in total. The smallest absolute Gasteiger partial charge is 0.103 e. The molecule has 0 amide bonds. The van der Waals surface area contributed by atoms with Gasteiger partial charge in [-0.2, -0.15) is 0 Å². The molecule has 1 aromatic rings. The van der Waals surface area contributed by atoms with Gasteiger partial charge in [-0.1, -0.05) is 18.9 Å². The number of allylic oxidation sites excluding steroid dienone is 1. The lowest BCUT2D eigenvalue weighted by atomic mass is 10.0. The fourth-order valence-corrected chi connectivity index (χ4v) is 2.06. The van der Waals surface area contributed by atoms with E-state index in [0.717, 1.165) is 25.0 Å². The van der Waals surface area contributed by atoms with Crippen molar-refractivity contribution in [2.45, 2.75) is 51.0 Å². The highest BCUT2D eigenvalue weighted by Gasteiger charge is 2.06. The summed E-state index contributed by atoms with van der Waals surface area (Å²) >= 11 is 0. The van der Waals surface area contributed by atoms with Crippen molar-refractivity contribution in [1.29, 1.82) is 0 Å². The minimum atomic E-state index is 0.615. The highest BCUT2D eigenvalue weighted by Crippen LogP contribution is 2.11. The Kier molecular flexibility index (Phi) is 7.48. The van der Waals surface area contributed by atoms with Crippen LogP contribution < -0.4 is 5.32 Å². The summed E-state index contributed by atoms with van der Waals surface area (Å²) in [5.74, 6) is 1.09. The Balaban J connectivity index is 2.08. The Labute approximate surface area is 105 Å². The van der Waals surface area contributed by atoms with Gasteiger partial charge in [-0.05, 0) is 44.9 Å². The molecule has 17 heavy (non-hydrogen) atoms. The second-order valence-electron chi connectivity index (χ2n) is 4.53. The lowest BCUT2D eigenvalue weighted by Crippen LogP contribution is -2.25. The predicted molar refractivity (Wildman–Crippen MR) is 73.2 cm³/mol. The zero-order valence-corrected chi connectivity index (χ0v) is 11.0. The lowest BCUT2D eigenvalue weighted by molar-refractivity contribution is 0.433. The molecule has 0 bridgehead atoms. The van der Waals surface area contributed by atoms with Gasteiger partial charge in [0.05, 0.1) is 6.26 Å². The third-order valence-electron chi connectivity index (χ3n) is 3.19. The standard InChI is InChI=1S/C15H25NO/c1-3-4-5-6-7-9-14(16-2)11-12-15-10-8-13-17-15/h3,8,10,13-14,16H,1,4-7,9,11-12H2,2H3. The summed E-state index contributed by atoms with van der Waals surface area (Å²) in [6, 6.07) is 4.62. The molecule has 0 aliphatic rings. The molecule has 1 atom stereocenters. The van der Waals surface area contributed by atoms with Crippen LogP contribution in [0, 0.1) is 0 Å².